The summed E-state index contributed by atoms with van der Waals surface area (Å²) in [7, 11) is 3.13. The lowest BCUT2D eigenvalue weighted by atomic mass is 9.94. The zero-order valence-electron chi connectivity index (χ0n) is 19.7. The molecule has 0 heterocycles. The number of nitrogens with one attached hydrogen (secondary N) is 1. The molecule has 0 saturated heterocycles. The Morgan fingerprint density at radius 2 is 1.74 bits per heavy atom. The molecule has 1 atom stereocenters. The Morgan fingerprint density at radius 1 is 1.06 bits per heavy atom. The van der Waals surface area contributed by atoms with Crippen LogP contribution in [0.25, 0.3) is 0 Å². The second-order valence-electron chi connectivity index (χ2n) is 8.46. The summed E-state index contributed by atoms with van der Waals surface area (Å²) >= 11 is 5.95. The molecule has 6 nitrogen and oxygen atoms in total. The zero-order chi connectivity index (χ0) is 24.5. The number of ether oxygens (including phenoxy) is 2. The third kappa shape index (κ3) is 6.63. The van der Waals surface area contributed by atoms with E-state index in [2.05, 4.69) is 5.32 Å². The van der Waals surface area contributed by atoms with Crippen LogP contribution in [0, 0.1) is 5.82 Å². The Bertz CT molecular complexity index is 964. The van der Waals surface area contributed by atoms with Crippen LogP contribution in [0.15, 0.2) is 42.5 Å². The van der Waals surface area contributed by atoms with Gasteiger partial charge in [-0.05, 0) is 54.7 Å². The molecule has 1 fully saturated rings. The highest BCUT2D eigenvalue weighted by atomic mass is 35.5. The summed E-state index contributed by atoms with van der Waals surface area (Å²) in [6.45, 7) is 0.251. The molecule has 1 aliphatic rings. The van der Waals surface area contributed by atoms with Crippen LogP contribution in [-0.4, -0.2) is 49.4 Å². The lowest BCUT2D eigenvalue weighted by molar-refractivity contribution is -0.139. The predicted octanol–water partition coefficient (Wildman–Crippen LogP) is 4.64. The van der Waals surface area contributed by atoms with E-state index in [9.17, 15) is 14.0 Å². The molecule has 8 heteroatoms. The average Bonchev–Trinajstić information content (AvgIpc) is 2.87. The summed E-state index contributed by atoms with van der Waals surface area (Å²) in [5.41, 5.74) is 1.45. The number of halogens is 2. The van der Waals surface area contributed by atoms with Gasteiger partial charge in [-0.25, -0.2) is 4.39 Å². The highest BCUT2D eigenvalue weighted by molar-refractivity contribution is 6.27. The summed E-state index contributed by atoms with van der Waals surface area (Å²) in [6, 6.07) is 10.4. The highest BCUT2D eigenvalue weighted by Gasteiger charge is 2.32. The number of methoxy groups -OCH3 is 2. The van der Waals surface area contributed by atoms with Gasteiger partial charge in [0.15, 0.2) is 11.5 Å². The molecule has 2 amide bonds. The van der Waals surface area contributed by atoms with Crippen molar-refractivity contribution in [2.24, 2.45) is 0 Å². The number of rotatable bonds is 10. The van der Waals surface area contributed by atoms with Crippen LogP contribution < -0.4 is 14.8 Å². The average molecular weight is 491 g/mol. The number of amides is 2. The van der Waals surface area contributed by atoms with Crippen LogP contribution in [0.1, 0.15) is 49.3 Å². The minimum absolute atomic E-state index is 0.0722. The summed E-state index contributed by atoms with van der Waals surface area (Å²) in [6.07, 6.45) is 5.59. The number of carbonyl (C=O) groups is 2. The van der Waals surface area contributed by atoms with Gasteiger partial charge in [-0.2, -0.15) is 0 Å². The first-order chi connectivity index (χ1) is 16.5. The summed E-state index contributed by atoms with van der Waals surface area (Å²) < 4.78 is 24.3. The molecule has 2 aromatic carbocycles. The third-order valence-corrected chi connectivity index (χ3v) is 6.45. The Morgan fingerprint density at radius 3 is 2.35 bits per heavy atom. The van der Waals surface area contributed by atoms with Crippen molar-refractivity contribution in [3.05, 3.63) is 59.4 Å². The maximum Gasteiger partial charge on any atom is 0.247 e. The Balaban J connectivity index is 1.87. The standard InChI is InChI=1S/C26H32ClFN2O4/c1-33-22-13-8-18(16-23(22)34-2)14-15-30(24(31)17-27)25(19-9-11-20(28)12-10-19)26(32)29-21-6-4-3-5-7-21/h8-13,16,21,25H,3-7,14-15,17H2,1-2H3,(H,29,32). The van der Waals surface area contributed by atoms with Gasteiger partial charge in [0.1, 0.15) is 17.7 Å². The topological polar surface area (TPSA) is 67.9 Å². The van der Waals surface area contributed by atoms with Gasteiger partial charge in [0.25, 0.3) is 0 Å². The maximum atomic E-state index is 13.6. The molecule has 0 aromatic heterocycles. The van der Waals surface area contributed by atoms with E-state index < -0.39 is 11.9 Å². The molecule has 34 heavy (non-hydrogen) atoms. The molecule has 0 bridgehead atoms. The predicted molar refractivity (Wildman–Crippen MR) is 130 cm³/mol. The number of nitrogens with zero attached hydrogens (tertiary/aromatic N) is 1. The molecule has 0 spiro atoms. The van der Waals surface area contributed by atoms with Gasteiger partial charge in [0, 0.05) is 12.6 Å². The largest absolute Gasteiger partial charge is 0.493 e. The molecule has 1 aliphatic carbocycles. The van der Waals surface area contributed by atoms with Gasteiger partial charge in [-0.3, -0.25) is 9.59 Å². The fourth-order valence-electron chi connectivity index (χ4n) is 4.41. The van der Waals surface area contributed by atoms with Crippen molar-refractivity contribution >= 4 is 23.4 Å². The highest BCUT2D eigenvalue weighted by Crippen LogP contribution is 2.29. The quantitative estimate of drug-likeness (QED) is 0.492. The lowest BCUT2D eigenvalue weighted by Gasteiger charge is -2.33. The van der Waals surface area contributed by atoms with E-state index in [1.165, 1.54) is 17.0 Å². The van der Waals surface area contributed by atoms with Gasteiger partial charge in [-0.1, -0.05) is 37.5 Å². The van der Waals surface area contributed by atoms with E-state index >= 15 is 0 Å². The molecule has 184 valence electrons. The van der Waals surface area contributed by atoms with E-state index in [0.29, 0.717) is 23.5 Å². The fraction of sp³-hybridized carbons (Fsp3) is 0.462. The Hall–Kier alpha value is -2.80. The second kappa shape index (κ2) is 12.6. The monoisotopic (exact) mass is 490 g/mol. The van der Waals surface area contributed by atoms with E-state index in [1.807, 2.05) is 12.1 Å². The van der Waals surface area contributed by atoms with E-state index in [0.717, 1.165) is 37.7 Å². The van der Waals surface area contributed by atoms with Crippen LogP contribution in [0.4, 0.5) is 4.39 Å². The van der Waals surface area contributed by atoms with Crippen LogP contribution >= 0.6 is 11.6 Å². The Labute approximate surface area is 205 Å². The second-order valence-corrected chi connectivity index (χ2v) is 8.72. The van der Waals surface area contributed by atoms with E-state index in [-0.39, 0.29) is 30.3 Å². The molecule has 2 aromatic rings. The van der Waals surface area contributed by atoms with Crippen molar-refractivity contribution in [1.29, 1.82) is 0 Å². The van der Waals surface area contributed by atoms with Crippen molar-refractivity contribution in [2.45, 2.75) is 50.6 Å². The van der Waals surface area contributed by atoms with Crippen molar-refractivity contribution in [1.82, 2.24) is 10.2 Å². The maximum absolute atomic E-state index is 13.6. The van der Waals surface area contributed by atoms with Crippen molar-refractivity contribution in [2.75, 3.05) is 26.6 Å². The van der Waals surface area contributed by atoms with Crippen molar-refractivity contribution < 1.29 is 23.5 Å². The molecule has 0 aliphatic heterocycles. The number of hydrogen-bond acceptors (Lipinski definition) is 4. The molecular weight excluding hydrogens is 459 g/mol. The first kappa shape index (κ1) is 25.8. The van der Waals surface area contributed by atoms with Crippen molar-refractivity contribution in [3.8, 4) is 11.5 Å². The van der Waals surface area contributed by atoms with Gasteiger partial charge in [0.05, 0.1) is 14.2 Å². The molecular formula is C26H32ClFN2O4. The van der Waals surface area contributed by atoms with E-state index in [1.54, 1.807) is 32.4 Å². The molecule has 1 saturated carbocycles. The minimum atomic E-state index is -0.908. The normalized spacial score (nSPS) is 14.8. The number of benzene rings is 2. The smallest absolute Gasteiger partial charge is 0.247 e. The van der Waals surface area contributed by atoms with Crippen LogP contribution in [-0.2, 0) is 16.0 Å². The SMILES string of the molecule is COc1ccc(CCN(C(=O)CCl)C(C(=O)NC2CCCCC2)c2ccc(F)cc2)cc1OC. The van der Waals surface area contributed by atoms with Gasteiger partial charge in [0.2, 0.25) is 11.8 Å². The molecule has 1 unspecified atom stereocenters. The van der Waals surface area contributed by atoms with Crippen LogP contribution in [0.5, 0.6) is 11.5 Å². The van der Waals surface area contributed by atoms with E-state index in [4.69, 9.17) is 21.1 Å². The third-order valence-electron chi connectivity index (χ3n) is 6.22. The van der Waals surface area contributed by atoms with Crippen molar-refractivity contribution in [3.63, 3.8) is 0 Å². The number of hydrogen-bond donors (Lipinski definition) is 1. The van der Waals surface area contributed by atoms with Crippen LogP contribution in [0.2, 0.25) is 0 Å². The lowest BCUT2D eigenvalue weighted by Crippen LogP contribution is -2.48. The van der Waals surface area contributed by atoms with Crippen LogP contribution in [0.3, 0.4) is 0 Å². The summed E-state index contributed by atoms with van der Waals surface area (Å²) in [4.78, 5) is 27.9. The first-order valence-corrected chi connectivity index (χ1v) is 12.1. The Kier molecular flexibility index (Phi) is 9.57. The minimum Gasteiger partial charge on any atom is -0.493 e. The zero-order valence-corrected chi connectivity index (χ0v) is 20.4. The van der Waals surface area contributed by atoms with Gasteiger partial charge in [-0.15, -0.1) is 11.6 Å². The molecule has 1 N–H and O–H groups in total. The summed E-state index contributed by atoms with van der Waals surface area (Å²) in [5, 5.41) is 3.12. The molecule has 0 radical (unpaired) electrons. The number of alkyl halides is 1. The first-order valence-electron chi connectivity index (χ1n) is 11.6. The molecule has 3 rings (SSSR count). The van der Waals surface area contributed by atoms with Gasteiger partial charge >= 0.3 is 0 Å². The van der Waals surface area contributed by atoms with Gasteiger partial charge < -0.3 is 19.7 Å². The summed E-state index contributed by atoms with van der Waals surface area (Å²) in [5.74, 6) is -0.119. The number of carbonyl (C=O) groups excluding carboxylic acids is 2. The fourth-order valence-corrected chi connectivity index (χ4v) is 4.56.